The van der Waals surface area contributed by atoms with Crippen molar-refractivity contribution < 1.29 is 19.2 Å². The minimum atomic E-state index is -0.579. The van der Waals surface area contributed by atoms with Crippen molar-refractivity contribution >= 4 is 29.0 Å². The van der Waals surface area contributed by atoms with Crippen molar-refractivity contribution in [2.24, 2.45) is 0 Å². The summed E-state index contributed by atoms with van der Waals surface area (Å²) in [5, 5.41) is 18.4. The first kappa shape index (κ1) is 21.9. The number of hydrogen-bond acceptors (Lipinski definition) is 8. The number of nitro benzene ring substituents is 1. The van der Waals surface area contributed by atoms with Crippen molar-refractivity contribution in [1.82, 2.24) is 19.7 Å². The van der Waals surface area contributed by atoms with E-state index in [9.17, 15) is 19.7 Å². The Balaban J connectivity index is 1.63. The Kier molecular flexibility index (Phi) is 5.50. The van der Waals surface area contributed by atoms with E-state index >= 15 is 0 Å². The molecule has 1 aromatic carbocycles. The predicted molar refractivity (Wildman–Crippen MR) is 117 cm³/mol. The van der Waals surface area contributed by atoms with Gasteiger partial charge in [0.05, 0.1) is 16.3 Å². The molecule has 33 heavy (non-hydrogen) atoms. The summed E-state index contributed by atoms with van der Waals surface area (Å²) >= 11 is 0. The lowest BCUT2D eigenvalue weighted by Crippen LogP contribution is -2.43. The molecule has 0 saturated heterocycles. The van der Waals surface area contributed by atoms with E-state index in [0.29, 0.717) is 11.5 Å². The number of nitrogens with zero attached hydrogens (tertiary/aromatic N) is 6. The van der Waals surface area contributed by atoms with Crippen LogP contribution in [0.5, 0.6) is 5.75 Å². The number of amides is 2. The highest BCUT2D eigenvalue weighted by molar-refractivity contribution is 6.05. The van der Waals surface area contributed by atoms with Crippen LogP contribution >= 0.6 is 0 Å². The summed E-state index contributed by atoms with van der Waals surface area (Å²) in [6.45, 7) is 5.29. The molecule has 170 valence electrons. The van der Waals surface area contributed by atoms with Crippen LogP contribution in [0.1, 0.15) is 26.5 Å². The standard InChI is InChI=1S/C21H21N7O5/c1-21(2,3)16-10-17(27(25-16)20-22-7-4-8-23-20)24-18(29)11-26-14-9-13(28(31)32)5-6-15(14)33-12-19(26)30/h4-10H,11-12H2,1-3H3,(H,24,29). The molecule has 0 spiro atoms. The Bertz CT molecular complexity index is 1230. The number of ether oxygens (including phenoxy) is 1. The third kappa shape index (κ3) is 4.49. The summed E-state index contributed by atoms with van der Waals surface area (Å²) in [5.41, 5.74) is 0.337. The number of anilines is 2. The first-order valence-corrected chi connectivity index (χ1v) is 10.0. The van der Waals surface area contributed by atoms with Gasteiger partial charge < -0.3 is 10.1 Å². The topological polar surface area (TPSA) is 145 Å². The zero-order valence-corrected chi connectivity index (χ0v) is 18.2. The third-order valence-electron chi connectivity index (χ3n) is 4.88. The summed E-state index contributed by atoms with van der Waals surface area (Å²) in [5.74, 6) is -0.137. The lowest BCUT2D eigenvalue weighted by atomic mass is 9.92. The second kappa shape index (κ2) is 8.30. The fourth-order valence-corrected chi connectivity index (χ4v) is 3.19. The van der Waals surface area contributed by atoms with E-state index < -0.39 is 16.7 Å². The van der Waals surface area contributed by atoms with Crippen LogP contribution in [0.2, 0.25) is 0 Å². The number of carbonyl (C=O) groups is 2. The van der Waals surface area contributed by atoms with E-state index in [-0.39, 0.29) is 41.6 Å². The molecule has 1 aliphatic heterocycles. The van der Waals surface area contributed by atoms with Crippen LogP contribution in [-0.4, -0.2) is 49.6 Å². The molecule has 0 saturated carbocycles. The van der Waals surface area contributed by atoms with Gasteiger partial charge in [-0.1, -0.05) is 20.8 Å². The predicted octanol–water partition coefficient (Wildman–Crippen LogP) is 2.23. The second-order valence-corrected chi connectivity index (χ2v) is 8.35. The molecule has 0 fully saturated rings. The van der Waals surface area contributed by atoms with Gasteiger partial charge in [-0.3, -0.25) is 24.6 Å². The number of carbonyl (C=O) groups excluding carboxylic acids is 2. The first-order valence-electron chi connectivity index (χ1n) is 10.0. The van der Waals surface area contributed by atoms with Gasteiger partial charge in [0.2, 0.25) is 5.91 Å². The van der Waals surface area contributed by atoms with Crippen LogP contribution in [-0.2, 0) is 15.0 Å². The van der Waals surface area contributed by atoms with Gasteiger partial charge in [-0.2, -0.15) is 9.78 Å². The fourth-order valence-electron chi connectivity index (χ4n) is 3.19. The molecule has 12 heteroatoms. The maximum atomic E-state index is 12.9. The summed E-state index contributed by atoms with van der Waals surface area (Å²) in [6, 6.07) is 7.27. The highest BCUT2D eigenvalue weighted by Gasteiger charge is 2.30. The third-order valence-corrected chi connectivity index (χ3v) is 4.88. The molecule has 12 nitrogen and oxygen atoms in total. The molecule has 0 unspecified atom stereocenters. The van der Waals surface area contributed by atoms with Gasteiger partial charge in [0.25, 0.3) is 17.5 Å². The van der Waals surface area contributed by atoms with Gasteiger partial charge in [-0.05, 0) is 12.1 Å². The average molecular weight is 451 g/mol. The normalized spacial score (nSPS) is 13.3. The van der Waals surface area contributed by atoms with Gasteiger partial charge in [-0.15, -0.1) is 0 Å². The monoisotopic (exact) mass is 451 g/mol. The van der Waals surface area contributed by atoms with Crippen molar-refractivity contribution in [2.75, 3.05) is 23.4 Å². The zero-order valence-electron chi connectivity index (χ0n) is 18.2. The quantitative estimate of drug-likeness (QED) is 0.459. The van der Waals surface area contributed by atoms with Crippen LogP contribution in [0.3, 0.4) is 0 Å². The molecular weight excluding hydrogens is 430 g/mol. The number of hydrogen-bond donors (Lipinski definition) is 1. The SMILES string of the molecule is CC(C)(C)c1cc(NC(=O)CN2C(=O)COc3ccc([N+](=O)[O-])cc32)n(-c2ncccn2)n1. The highest BCUT2D eigenvalue weighted by Crippen LogP contribution is 2.35. The number of rotatable bonds is 5. The molecule has 0 radical (unpaired) electrons. The first-order chi connectivity index (χ1) is 15.6. The Hall–Kier alpha value is -4.35. The van der Waals surface area contributed by atoms with Gasteiger partial charge in [0, 0.05) is 36.0 Å². The largest absolute Gasteiger partial charge is 0.482 e. The van der Waals surface area contributed by atoms with E-state index in [1.165, 1.54) is 22.9 Å². The maximum absolute atomic E-state index is 12.9. The van der Waals surface area contributed by atoms with Crippen LogP contribution in [0.4, 0.5) is 17.2 Å². The van der Waals surface area contributed by atoms with Crippen LogP contribution < -0.4 is 15.0 Å². The number of nitrogens with one attached hydrogen (secondary N) is 1. The molecule has 2 aromatic heterocycles. The van der Waals surface area contributed by atoms with Crippen molar-refractivity contribution in [1.29, 1.82) is 0 Å². The average Bonchev–Trinajstić information content (AvgIpc) is 3.20. The van der Waals surface area contributed by atoms with E-state index in [0.717, 1.165) is 4.90 Å². The number of fused-ring (bicyclic) bond motifs is 1. The molecule has 0 atom stereocenters. The van der Waals surface area contributed by atoms with Gasteiger partial charge in [0.15, 0.2) is 6.61 Å². The molecule has 0 bridgehead atoms. The smallest absolute Gasteiger partial charge is 0.271 e. The fraction of sp³-hybridized carbons (Fsp3) is 0.286. The summed E-state index contributed by atoms with van der Waals surface area (Å²) in [4.78, 5) is 45.5. The zero-order chi connectivity index (χ0) is 23.8. The molecule has 3 aromatic rings. The molecular formula is C21H21N7O5. The molecule has 2 amide bonds. The van der Waals surface area contributed by atoms with E-state index in [4.69, 9.17) is 4.74 Å². The van der Waals surface area contributed by atoms with Crippen LogP contribution in [0.15, 0.2) is 42.7 Å². The van der Waals surface area contributed by atoms with Gasteiger partial charge >= 0.3 is 0 Å². The molecule has 0 aliphatic carbocycles. The Labute approximate surface area is 188 Å². The molecule has 1 N–H and O–H groups in total. The maximum Gasteiger partial charge on any atom is 0.271 e. The Morgan fingerprint density at radius 2 is 1.97 bits per heavy atom. The van der Waals surface area contributed by atoms with Crippen molar-refractivity contribution in [3.05, 3.63) is 58.5 Å². The Morgan fingerprint density at radius 1 is 1.24 bits per heavy atom. The summed E-state index contributed by atoms with van der Waals surface area (Å²) < 4.78 is 6.76. The Morgan fingerprint density at radius 3 is 2.64 bits per heavy atom. The van der Waals surface area contributed by atoms with E-state index in [2.05, 4.69) is 20.4 Å². The molecule has 1 aliphatic rings. The van der Waals surface area contributed by atoms with Crippen LogP contribution in [0, 0.1) is 10.1 Å². The van der Waals surface area contributed by atoms with Gasteiger partial charge in [-0.25, -0.2) is 9.97 Å². The van der Waals surface area contributed by atoms with E-state index in [1.54, 1.807) is 24.5 Å². The minimum absolute atomic E-state index is 0.158. The van der Waals surface area contributed by atoms with Crippen molar-refractivity contribution in [3.63, 3.8) is 0 Å². The number of non-ortho nitro benzene ring substituents is 1. The molecule has 4 rings (SSSR count). The minimum Gasteiger partial charge on any atom is -0.482 e. The second-order valence-electron chi connectivity index (χ2n) is 8.35. The lowest BCUT2D eigenvalue weighted by Gasteiger charge is -2.28. The van der Waals surface area contributed by atoms with Crippen LogP contribution in [0.25, 0.3) is 5.95 Å². The van der Waals surface area contributed by atoms with Crippen molar-refractivity contribution in [3.8, 4) is 11.7 Å². The summed E-state index contributed by atoms with van der Waals surface area (Å²) in [6.07, 6.45) is 3.12. The number of aromatic nitrogens is 4. The summed E-state index contributed by atoms with van der Waals surface area (Å²) in [7, 11) is 0. The van der Waals surface area contributed by atoms with Crippen molar-refractivity contribution in [2.45, 2.75) is 26.2 Å². The molecule has 3 heterocycles. The lowest BCUT2D eigenvalue weighted by molar-refractivity contribution is -0.384. The number of benzene rings is 1. The number of nitro groups is 1. The van der Waals surface area contributed by atoms with E-state index in [1.807, 2.05) is 20.8 Å². The highest BCUT2D eigenvalue weighted by atomic mass is 16.6. The van der Waals surface area contributed by atoms with Gasteiger partial charge in [0.1, 0.15) is 18.1 Å².